The fourth-order valence-corrected chi connectivity index (χ4v) is 9.27. The van der Waals surface area contributed by atoms with E-state index >= 15 is 0 Å². The predicted molar refractivity (Wildman–Crippen MR) is 193 cm³/mol. The quantitative estimate of drug-likeness (QED) is 0.0785. The lowest BCUT2D eigenvalue weighted by Gasteiger charge is -2.33. The third kappa shape index (κ3) is 9.94. The molecule has 0 aromatic heterocycles. The Hall–Kier alpha value is -5.02. The van der Waals surface area contributed by atoms with Crippen molar-refractivity contribution < 1.29 is 49.2 Å². The first-order valence-electron chi connectivity index (χ1n) is 15.7. The van der Waals surface area contributed by atoms with Crippen molar-refractivity contribution in [3.8, 4) is 0 Å². The summed E-state index contributed by atoms with van der Waals surface area (Å²) in [7, 11) is -7.21. The van der Waals surface area contributed by atoms with Gasteiger partial charge < -0.3 is 14.5 Å². The molecule has 0 amide bonds. The van der Waals surface area contributed by atoms with E-state index in [1.54, 1.807) is 0 Å². The van der Waals surface area contributed by atoms with Gasteiger partial charge in [-0.25, -0.2) is 8.42 Å². The second-order valence-corrected chi connectivity index (χ2v) is 16.4. The number of aliphatic carboxylic acids is 1. The van der Waals surface area contributed by atoms with E-state index in [0.29, 0.717) is 0 Å². The predicted octanol–water partition coefficient (Wildman–Crippen LogP) is 8.71. The Kier molecular flexibility index (Phi) is 14.2. The maximum absolute atomic E-state index is 12.2. The monoisotopic (exact) mass is 800 g/mol. The summed E-state index contributed by atoms with van der Waals surface area (Å²) in [6, 6.07) is 64.3. The van der Waals surface area contributed by atoms with E-state index in [1.165, 1.54) is 29.4 Å². The lowest BCUT2D eigenvalue weighted by molar-refractivity contribution is -0.361. The van der Waals surface area contributed by atoms with Gasteiger partial charge in [0.25, 0.3) is 0 Å². The van der Waals surface area contributed by atoms with Gasteiger partial charge in [-0.1, -0.05) is 109 Å². The maximum Gasteiger partial charge on any atom is 0.402 e. The number of hydrogen-bond acceptors (Lipinski definition) is 5. The molecule has 6 aromatic rings. The molecule has 280 valence electrons. The van der Waals surface area contributed by atoms with E-state index in [9.17, 15) is 49.2 Å². The second kappa shape index (κ2) is 18.3. The minimum atomic E-state index is -7.18. The molecule has 0 aliphatic rings. The van der Waals surface area contributed by atoms with Crippen molar-refractivity contribution in [1.82, 2.24) is 0 Å². The molecule has 0 aliphatic heterocycles. The molecule has 0 radical (unpaired) electrons. The van der Waals surface area contributed by atoms with E-state index in [1.807, 2.05) is 0 Å². The highest BCUT2D eigenvalue weighted by molar-refractivity contribution is 7.97. The summed E-state index contributed by atoms with van der Waals surface area (Å²) in [5, 5.41) is 2.68. The number of carbonyl (C=O) groups is 1. The molecule has 0 atom stereocenters. The maximum atomic E-state index is 12.2. The Morgan fingerprint density at radius 1 is 0.426 bits per heavy atom. The average Bonchev–Trinajstić information content (AvgIpc) is 3.17. The molecule has 54 heavy (non-hydrogen) atoms. The molecule has 0 bridgehead atoms. The van der Waals surface area contributed by atoms with Crippen molar-refractivity contribution >= 4 is 37.9 Å². The Bertz CT molecular complexity index is 1850. The lowest BCUT2D eigenvalue weighted by Crippen LogP contribution is -2.63. The Balaban J connectivity index is 0.000000182. The van der Waals surface area contributed by atoms with Gasteiger partial charge in [-0.05, 0) is 72.8 Å². The number of rotatable bonds is 10. The number of halogens is 6. The van der Waals surface area contributed by atoms with Gasteiger partial charge in [-0.2, -0.15) is 26.3 Å². The number of benzene rings is 6. The van der Waals surface area contributed by atoms with Crippen LogP contribution < -0.4 is 5.11 Å². The molecule has 0 heterocycles. The molecule has 0 aliphatic carbocycles. The van der Waals surface area contributed by atoms with Crippen LogP contribution in [0.4, 0.5) is 26.3 Å². The largest absolute Gasteiger partial charge is 0.743 e. The van der Waals surface area contributed by atoms with Crippen LogP contribution >= 0.6 is 0 Å². The zero-order valence-electron chi connectivity index (χ0n) is 27.9. The number of alkyl halides is 6. The third-order valence-electron chi connectivity index (χ3n) is 7.20. The van der Waals surface area contributed by atoms with E-state index in [-0.39, 0.29) is 21.8 Å². The fraction of sp³-hybridized carbons (Fsp3) is 0.0750. The Labute approximate surface area is 314 Å². The minimum absolute atomic E-state index is 0.0146. The van der Waals surface area contributed by atoms with Gasteiger partial charge in [0, 0.05) is 0 Å². The van der Waals surface area contributed by atoms with E-state index in [0.717, 1.165) is 0 Å². The minimum Gasteiger partial charge on any atom is -0.743 e. The van der Waals surface area contributed by atoms with Gasteiger partial charge in [0.2, 0.25) is 0 Å². The molecule has 0 saturated carbocycles. The van der Waals surface area contributed by atoms with Gasteiger partial charge >= 0.3 is 17.1 Å². The van der Waals surface area contributed by atoms with Crippen LogP contribution in [0.5, 0.6) is 0 Å². The van der Waals surface area contributed by atoms with Crippen molar-refractivity contribution in [2.24, 2.45) is 0 Å². The van der Waals surface area contributed by atoms with Crippen LogP contribution in [0.15, 0.2) is 211 Å². The lowest BCUT2D eigenvalue weighted by atomic mass is 10.2. The van der Waals surface area contributed by atoms with Crippen molar-refractivity contribution in [3.05, 3.63) is 182 Å². The standard InChI is InChI=1S/2C18H15S.C4H2F6O5S/c2*1-4-10-16(11-5-1)19(17-12-6-2-7-13-17)18-14-8-3-9-15-18;5-2(6,1(11)12)3(7,8)4(9,10)16(13,14)15/h2*1-15H;(H,11,12)(H,13,14,15)/q2*+1;/p-2. The fourth-order valence-electron chi connectivity index (χ4n) is 4.62. The topological polar surface area (TPSA) is 97.3 Å². The van der Waals surface area contributed by atoms with Gasteiger partial charge in [-0.3, -0.25) is 0 Å². The van der Waals surface area contributed by atoms with E-state index < -0.39 is 33.2 Å². The average molecular weight is 801 g/mol. The molecular formula is C40H30F6O5S3. The molecule has 5 nitrogen and oxygen atoms in total. The van der Waals surface area contributed by atoms with Crippen LogP contribution in [0.2, 0.25) is 0 Å². The SMILES string of the molecule is O=C([O-])C(F)(F)C(F)(F)C(F)(F)S(=O)(=O)[O-].c1ccc([S+](c2ccccc2)c2ccccc2)cc1.c1ccc([S+](c2ccccc2)c2ccccc2)cc1. The van der Waals surface area contributed by atoms with Crippen LogP contribution in [0.3, 0.4) is 0 Å². The summed E-state index contributed by atoms with van der Waals surface area (Å²) in [6.45, 7) is 0. The van der Waals surface area contributed by atoms with Gasteiger partial charge in [-0.15, -0.1) is 0 Å². The zero-order valence-corrected chi connectivity index (χ0v) is 30.3. The summed E-state index contributed by atoms with van der Waals surface area (Å²) in [4.78, 5) is 17.6. The summed E-state index contributed by atoms with van der Waals surface area (Å²) >= 11 is 0. The van der Waals surface area contributed by atoms with Crippen LogP contribution in [0.25, 0.3) is 0 Å². The highest BCUT2D eigenvalue weighted by atomic mass is 32.2. The van der Waals surface area contributed by atoms with Gasteiger partial charge in [0.15, 0.2) is 39.5 Å². The summed E-state index contributed by atoms with van der Waals surface area (Å²) in [5.41, 5.74) is 0. The molecule has 14 heteroatoms. The van der Waals surface area contributed by atoms with Crippen LogP contribution in [0, 0.1) is 0 Å². The first-order valence-corrected chi connectivity index (χ1v) is 19.5. The molecule has 0 saturated heterocycles. The number of hydrogen-bond donors (Lipinski definition) is 0. The van der Waals surface area contributed by atoms with Crippen LogP contribution in [-0.2, 0) is 36.7 Å². The molecule has 6 rings (SSSR count). The normalized spacial score (nSPS) is 11.9. The summed E-state index contributed by atoms with van der Waals surface area (Å²) in [6.07, 6.45) is 0. The number of carboxylic acid groups (broad SMARTS) is 1. The molecule has 0 fully saturated rings. The summed E-state index contributed by atoms with van der Waals surface area (Å²) in [5.74, 6) is -17.4. The summed E-state index contributed by atoms with van der Waals surface area (Å²) < 4.78 is 102. The van der Waals surface area contributed by atoms with Crippen molar-refractivity contribution in [3.63, 3.8) is 0 Å². The molecular weight excluding hydrogens is 771 g/mol. The van der Waals surface area contributed by atoms with E-state index in [4.69, 9.17) is 0 Å². The Morgan fingerprint density at radius 2 is 0.611 bits per heavy atom. The van der Waals surface area contributed by atoms with Gasteiger partial charge in [0.05, 0.1) is 21.8 Å². The highest BCUT2D eigenvalue weighted by Crippen LogP contribution is 2.47. The molecule has 0 unspecified atom stereocenters. The van der Waals surface area contributed by atoms with Crippen molar-refractivity contribution in [1.29, 1.82) is 0 Å². The number of carboxylic acids is 1. The molecule has 6 aromatic carbocycles. The van der Waals surface area contributed by atoms with Gasteiger partial charge in [0.1, 0.15) is 5.97 Å². The second-order valence-electron chi connectivity index (χ2n) is 10.9. The first kappa shape index (κ1) is 41.7. The smallest absolute Gasteiger partial charge is 0.402 e. The molecule has 0 N–H and O–H groups in total. The third-order valence-corrected chi connectivity index (χ3v) is 12.5. The van der Waals surface area contributed by atoms with Crippen LogP contribution in [0.1, 0.15) is 0 Å². The van der Waals surface area contributed by atoms with Crippen LogP contribution in [-0.4, -0.2) is 36.0 Å². The Morgan fingerprint density at radius 3 is 0.759 bits per heavy atom. The number of carbonyl (C=O) groups excluding carboxylic acids is 1. The molecule has 0 spiro atoms. The van der Waals surface area contributed by atoms with Crippen molar-refractivity contribution in [2.45, 2.75) is 46.5 Å². The van der Waals surface area contributed by atoms with E-state index in [2.05, 4.69) is 182 Å². The highest BCUT2D eigenvalue weighted by Gasteiger charge is 2.75. The zero-order chi connectivity index (χ0) is 39.4. The van der Waals surface area contributed by atoms with Crippen molar-refractivity contribution in [2.75, 3.05) is 0 Å². The first-order chi connectivity index (χ1) is 25.6.